The molecule has 2 amide bonds. The Morgan fingerprint density at radius 3 is 2.52 bits per heavy atom. The highest BCUT2D eigenvalue weighted by molar-refractivity contribution is 6.26. The van der Waals surface area contributed by atoms with Crippen LogP contribution in [-0.2, 0) is 9.59 Å². The van der Waals surface area contributed by atoms with Crippen LogP contribution in [0.25, 0.3) is 6.08 Å². The van der Waals surface area contributed by atoms with Gasteiger partial charge in [0.05, 0.1) is 17.5 Å². The zero-order chi connectivity index (χ0) is 21.1. The molecular weight excluding hydrogens is 372 g/mol. The van der Waals surface area contributed by atoms with Crippen molar-refractivity contribution in [1.29, 1.82) is 0 Å². The van der Waals surface area contributed by atoms with Crippen molar-refractivity contribution in [2.24, 2.45) is 5.73 Å². The second kappa shape index (κ2) is 8.18. The zero-order valence-corrected chi connectivity index (χ0v) is 16.5. The lowest BCUT2D eigenvalue weighted by molar-refractivity contribution is -0.120. The highest BCUT2D eigenvalue weighted by atomic mass is 16.5. The molecule has 0 fully saturated rings. The van der Waals surface area contributed by atoms with Crippen molar-refractivity contribution >= 4 is 29.4 Å². The molecule has 0 saturated heterocycles. The van der Waals surface area contributed by atoms with Crippen LogP contribution in [0.1, 0.15) is 36.7 Å². The number of hydrogen-bond acceptors (Lipinski definition) is 5. The van der Waals surface area contributed by atoms with Crippen LogP contribution < -0.4 is 20.1 Å². The Kier molecular flexibility index (Phi) is 5.68. The number of ether oxygens (including phenoxy) is 2. The van der Waals surface area contributed by atoms with Crippen molar-refractivity contribution in [3.05, 3.63) is 59.3 Å². The summed E-state index contributed by atoms with van der Waals surface area (Å²) in [6, 6.07) is 12.0. The van der Waals surface area contributed by atoms with Crippen LogP contribution in [0.5, 0.6) is 11.5 Å². The Morgan fingerprint density at radius 2 is 1.86 bits per heavy atom. The third-order valence-corrected chi connectivity index (χ3v) is 4.18. The van der Waals surface area contributed by atoms with Crippen LogP contribution in [-0.4, -0.2) is 30.3 Å². The smallest absolute Gasteiger partial charge is 0.255 e. The molecule has 150 valence electrons. The molecule has 0 aliphatic carbocycles. The molecule has 0 aromatic heterocycles. The minimum atomic E-state index is -0.599. The van der Waals surface area contributed by atoms with Gasteiger partial charge in [0.25, 0.3) is 5.91 Å². The van der Waals surface area contributed by atoms with Crippen LogP contribution in [0.3, 0.4) is 0 Å². The number of nitrogens with two attached hydrogens (primary N) is 1. The van der Waals surface area contributed by atoms with E-state index in [4.69, 9.17) is 15.2 Å². The number of para-hydroxylation sites is 1. The first-order valence-corrected chi connectivity index (χ1v) is 9.16. The second-order valence-corrected chi connectivity index (χ2v) is 6.86. The van der Waals surface area contributed by atoms with Crippen molar-refractivity contribution in [2.45, 2.75) is 26.9 Å². The van der Waals surface area contributed by atoms with Gasteiger partial charge in [-0.3, -0.25) is 19.3 Å². The number of anilines is 1. The normalized spacial score (nSPS) is 14.3. The topological polar surface area (TPSA) is 98.9 Å². The molecule has 0 bridgehead atoms. The Morgan fingerprint density at radius 1 is 1.14 bits per heavy atom. The average Bonchev–Trinajstić information content (AvgIpc) is 2.93. The quantitative estimate of drug-likeness (QED) is 0.760. The van der Waals surface area contributed by atoms with Gasteiger partial charge in [0.2, 0.25) is 11.7 Å². The number of allylic oxidation sites excluding steroid dienone is 1. The van der Waals surface area contributed by atoms with Gasteiger partial charge in [-0.05, 0) is 49.8 Å². The van der Waals surface area contributed by atoms with Gasteiger partial charge in [-0.15, -0.1) is 0 Å². The summed E-state index contributed by atoms with van der Waals surface area (Å²) in [5.41, 5.74) is 7.10. The third-order valence-electron chi connectivity index (χ3n) is 4.18. The van der Waals surface area contributed by atoms with E-state index in [1.807, 2.05) is 13.8 Å². The molecule has 0 radical (unpaired) electrons. The number of carbonyl (C=O) groups is 3. The van der Waals surface area contributed by atoms with Crippen LogP contribution in [0.15, 0.2) is 48.2 Å². The Balaban J connectivity index is 2.01. The maximum absolute atomic E-state index is 12.9. The second-order valence-electron chi connectivity index (χ2n) is 6.86. The standard InChI is InChI=1S/C22H22N2O5/c1-13(2)29-20-11-15(8-9-19(20)28-12-21(23)26)10-18-22(27)16-6-4-5-7-17(16)24(18)14(3)25/h4-11,13H,12H2,1-3H3,(H2,23,26). The van der Waals surface area contributed by atoms with Gasteiger partial charge >= 0.3 is 0 Å². The zero-order valence-electron chi connectivity index (χ0n) is 16.5. The molecule has 0 atom stereocenters. The first-order chi connectivity index (χ1) is 13.8. The monoisotopic (exact) mass is 394 g/mol. The number of rotatable bonds is 6. The molecule has 2 aromatic rings. The number of carbonyl (C=O) groups excluding carboxylic acids is 3. The molecule has 2 N–H and O–H groups in total. The van der Waals surface area contributed by atoms with Crippen molar-refractivity contribution in [1.82, 2.24) is 0 Å². The summed E-state index contributed by atoms with van der Waals surface area (Å²) in [6.07, 6.45) is 1.49. The van der Waals surface area contributed by atoms with Gasteiger partial charge < -0.3 is 15.2 Å². The van der Waals surface area contributed by atoms with E-state index in [9.17, 15) is 14.4 Å². The maximum atomic E-state index is 12.9. The molecule has 0 saturated carbocycles. The molecule has 3 rings (SSSR count). The Bertz CT molecular complexity index is 1010. The van der Waals surface area contributed by atoms with Crippen LogP contribution in [0.4, 0.5) is 5.69 Å². The van der Waals surface area contributed by atoms with Gasteiger partial charge in [0.1, 0.15) is 0 Å². The number of ketones is 1. The van der Waals surface area contributed by atoms with E-state index in [0.29, 0.717) is 28.3 Å². The summed E-state index contributed by atoms with van der Waals surface area (Å²) < 4.78 is 11.2. The molecule has 7 nitrogen and oxygen atoms in total. The molecule has 1 aliphatic rings. The first-order valence-electron chi connectivity index (χ1n) is 9.16. The minimum absolute atomic E-state index is 0.139. The van der Waals surface area contributed by atoms with E-state index in [-0.39, 0.29) is 30.1 Å². The predicted octanol–water partition coefficient (Wildman–Crippen LogP) is 2.93. The van der Waals surface area contributed by atoms with Crippen molar-refractivity contribution in [3.63, 3.8) is 0 Å². The van der Waals surface area contributed by atoms with Gasteiger partial charge in [-0.2, -0.15) is 0 Å². The predicted molar refractivity (Wildman–Crippen MR) is 109 cm³/mol. The summed E-state index contributed by atoms with van der Waals surface area (Å²) in [5.74, 6) is -0.305. The van der Waals surface area contributed by atoms with Crippen LogP contribution in [0, 0.1) is 0 Å². The number of hydrogen-bond donors (Lipinski definition) is 1. The fourth-order valence-corrected chi connectivity index (χ4v) is 3.09. The highest BCUT2D eigenvalue weighted by Crippen LogP contribution is 2.36. The van der Waals surface area contributed by atoms with Crippen LogP contribution >= 0.6 is 0 Å². The Hall–Kier alpha value is -3.61. The fourth-order valence-electron chi connectivity index (χ4n) is 3.09. The van der Waals surface area contributed by atoms with E-state index in [1.165, 1.54) is 11.8 Å². The van der Waals surface area contributed by atoms with E-state index in [2.05, 4.69) is 0 Å². The van der Waals surface area contributed by atoms with E-state index in [1.54, 1.807) is 48.5 Å². The number of benzene rings is 2. The van der Waals surface area contributed by atoms with E-state index in [0.717, 1.165) is 0 Å². The summed E-state index contributed by atoms with van der Waals surface area (Å²) in [6.45, 7) is 4.85. The van der Waals surface area contributed by atoms with E-state index < -0.39 is 5.91 Å². The summed E-state index contributed by atoms with van der Waals surface area (Å²) in [5, 5.41) is 0. The molecular formula is C22H22N2O5. The highest BCUT2D eigenvalue weighted by Gasteiger charge is 2.34. The largest absolute Gasteiger partial charge is 0.487 e. The maximum Gasteiger partial charge on any atom is 0.255 e. The van der Waals surface area contributed by atoms with Crippen LogP contribution in [0.2, 0.25) is 0 Å². The third kappa shape index (κ3) is 4.29. The van der Waals surface area contributed by atoms with Gasteiger partial charge in [-0.1, -0.05) is 18.2 Å². The lowest BCUT2D eigenvalue weighted by atomic mass is 10.1. The number of Topliss-reactive ketones (excluding diaryl/α,β-unsaturated/α-hetero) is 1. The summed E-state index contributed by atoms with van der Waals surface area (Å²) >= 11 is 0. The molecule has 1 heterocycles. The molecule has 1 aliphatic heterocycles. The van der Waals surface area contributed by atoms with Crippen molar-refractivity contribution in [3.8, 4) is 11.5 Å². The van der Waals surface area contributed by atoms with E-state index >= 15 is 0 Å². The van der Waals surface area contributed by atoms with Gasteiger partial charge in [0, 0.05) is 12.5 Å². The number of amides is 2. The lowest BCUT2D eigenvalue weighted by Crippen LogP contribution is -2.25. The molecule has 0 spiro atoms. The van der Waals surface area contributed by atoms with Crippen molar-refractivity contribution < 1.29 is 23.9 Å². The SMILES string of the molecule is CC(=O)N1C(=Cc2ccc(OCC(N)=O)c(OC(C)C)c2)C(=O)c2ccccc21. The average molecular weight is 394 g/mol. The molecule has 0 unspecified atom stereocenters. The fraction of sp³-hybridized carbons (Fsp3) is 0.227. The van der Waals surface area contributed by atoms with Gasteiger partial charge in [0.15, 0.2) is 18.1 Å². The number of fused-ring (bicyclic) bond motifs is 1. The summed E-state index contributed by atoms with van der Waals surface area (Å²) in [4.78, 5) is 37.5. The minimum Gasteiger partial charge on any atom is -0.487 e. The van der Waals surface area contributed by atoms with Crippen molar-refractivity contribution in [2.75, 3.05) is 11.5 Å². The lowest BCUT2D eigenvalue weighted by Gasteiger charge is -2.17. The molecule has 7 heteroatoms. The molecule has 2 aromatic carbocycles. The molecule has 29 heavy (non-hydrogen) atoms. The number of nitrogens with zero attached hydrogens (tertiary/aromatic N) is 1. The summed E-state index contributed by atoms with van der Waals surface area (Å²) in [7, 11) is 0. The number of primary amides is 1. The van der Waals surface area contributed by atoms with Gasteiger partial charge in [-0.25, -0.2) is 0 Å². The Labute approximate surface area is 168 Å². The first kappa shape index (κ1) is 20.1.